The van der Waals surface area contributed by atoms with E-state index in [1.807, 2.05) is 7.05 Å². The second kappa shape index (κ2) is 5.10. The lowest BCUT2D eigenvalue weighted by Gasteiger charge is -2.02. The molecule has 0 bridgehead atoms. The number of benzene rings is 1. The molecule has 0 aliphatic rings. The molecule has 0 unspecified atom stereocenters. The Labute approximate surface area is 101 Å². The molecule has 1 aromatic carbocycles. The summed E-state index contributed by atoms with van der Waals surface area (Å²) in [6, 6.07) is 8.42. The van der Waals surface area contributed by atoms with E-state index in [1.165, 1.54) is 11.1 Å². The number of hydrogen-bond acceptors (Lipinski definition) is 3. The maximum absolute atomic E-state index is 5.57. The van der Waals surface area contributed by atoms with E-state index in [4.69, 9.17) is 5.73 Å². The molecule has 2 rings (SSSR count). The molecular weight excluding hydrogens is 212 g/mol. The van der Waals surface area contributed by atoms with Gasteiger partial charge in [0.15, 0.2) is 5.82 Å². The third-order valence-corrected chi connectivity index (χ3v) is 2.96. The van der Waals surface area contributed by atoms with Crippen molar-refractivity contribution in [3.63, 3.8) is 0 Å². The van der Waals surface area contributed by atoms with Crippen LogP contribution in [0, 0.1) is 6.92 Å². The molecule has 2 aromatic rings. The maximum atomic E-state index is 5.57. The summed E-state index contributed by atoms with van der Waals surface area (Å²) >= 11 is 0. The zero-order chi connectivity index (χ0) is 12.3. The minimum atomic E-state index is 0.438. The van der Waals surface area contributed by atoms with Crippen molar-refractivity contribution in [1.82, 2.24) is 14.8 Å². The quantitative estimate of drug-likeness (QED) is 0.863. The van der Waals surface area contributed by atoms with Gasteiger partial charge >= 0.3 is 0 Å². The Kier molecular flexibility index (Phi) is 3.54. The fraction of sp³-hybridized carbons (Fsp3) is 0.385. The second-order valence-electron chi connectivity index (χ2n) is 4.20. The van der Waals surface area contributed by atoms with Crippen LogP contribution in [0.1, 0.15) is 22.8 Å². The van der Waals surface area contributed by atoms with Crippen molar-refractivity contribution in [3.05, 3.63) is 47.0 Å². The van der Waals surface area contributed by atoms with Gasteiger partial charge in [0.25, 0.3) is 0 Å². The minimum absolute atomic E-state index is 0.438. The summed E-state index contributed by atoms with van der Waals surface area (Å²) in [4.78, 5) is 4.40. The Morgan fingerprint density at radius 2 is 2.00 bits per heavy atom. The predicted octanol–water partition coefficient (Wildman–Crippen LogP) is 1.37. The second-order valence-corrected chi connectivity index (χ2v) is 4.20. The minimum Gasteiger partial charge on any atom is -0.324 e. The first-order chi connectivity index (χ1) is 8.20. The Bertz CT molecular complexity index is 502. The molecule has 1 aromatic heterocycles. The molecule has 1 heterocycles. The van der Waals surface area contributed by atoms with Crippen LogP contribution >= 0.6 is 0 Å². The molecule has 0 fully saturated rings. The molecule has 4 heteroatoms. The van der Waals surface area contributed by atoms with E-state index >= 15 is 0 Å². The van der Waals surface area contributed by atoms with Crippen molar-refractivity contribution in [1.29, 1.82) is 0 Å². The molecular formula is C13H18N4. The number of nitrogens with two attached hydrogens (primary N) is 1. The third-order valence-electron chi connectivity index (χ3n) is 2.96. The molecule has 0 aliphatic heterocycles. The normalized spacial score (nSPS) is 10.8. The van der Waals surface area contributed by atoms with Crippen LogP contribution in [-0.2, 0) is 26.4 Å². The Balaban J connectivity index is 2.05. The third kappa shape index (κ3) is 2.71. The molecule has 17 heavy (non-hydrogen) atoms. The highest BCUT2D eigenvalue weighted by molar-refractivity contribution is 5.25. The van der Waals surface area contributed by atoms with E-state index in [-0.39, 0.29) is 0 Å². The first kappa shape index (κ1) is 11.8. The smallest absolute Gasteiger partial charge is 0.151 e. The van der Waals surface area contributed by atoms with E-state index in [9.17, 15) is 0 Å². The SMILES string of the molecule is Cc1ccccc1CCc1nc(CN)n(C)n1. The number of hydrogen-bond donors (Lipinski definition) is 1. The van der Waals surface area contributed by atoms with E-state index in [1.54, 1.807) is 4.68 Å². The number of aromatic nitrogens is 3. The number of aryl methyl sites for hydroxylation is 4. The highest BCUT2D eigenvalue weighted by Crippen LogP contribution is 2.10. The van der Waals surface area contributed by atoms with E-state index in [2.05, 4.69) is 41.3 Å². The van der Waals surface area contributed by atoms with Gasteiger partial charge in [-0.1, -0.05) is 24.3 Å². The largest absolute Gasteiger partial charge is 0.324 e. The maximum Gasteiger partial charge on any atom is 0.151 e. The molecule has 4 nitrogen and oxygen atoms in total. The fourth-order valence-corrected chi connectivity index (χ4v) is 1.90. The molecule has 0 saturated carbocycles. The van der Waals surface area contributed by atoms with Crippen LogP contribution in [0.15, 0.2) is 24.3 Å². The average molecular weight is 230 g/mol. The van der Waals surface area contributed by atoms with Crippen LogP contribution < -0.4 is 5.73 Å². The monoisotopic (exact) mass is 230 g/mol. The van der Waals surface area contributed by atoms with Crippen molar-refractivity contribution in [2.45, 2.75) is 26.3 Å². The van der Waals surface area contributed by atoms with Crippen LogP contribution in [0.2, 0.25) is 0 Å². The highest BCUT2D eigenvalue weighted by Gasteiger charge is 2.06. The molecule has 2 N–H and O–H groups in total. The summed E-state index contributed by atoms with van der Waals surface area (Å²) in [6.45, 7) is 2.57. The van der Waals surface area contributed by atoms with Gasteiger partial charge in [0.05, 0.1) is 6.54 Å². The lowest BCUT2D eigenvalue weighted by molar-refractivity contribution is 0.692. The van der Waals surface area contributed by atoms with Gasteiger partial charge in [0, 0.05) is 13.5 Å². The van der Waals surface area contributed by atoms with Crippen molar-refractivity contribution >= 4 is 0 Å². The van der Waals surface area contributed by atoms with E-state index in [0.717, 1.165) is 24.5 Å². The molecule has 0 saturated heterocycles. The lowest BCUT2D eigenvalue weighted by Crippen LogP contribution is -2.05. The zero-order valence-electron chi connectivity index (χ0n) is 10.3. The standard InChI is InChI=1S/C13H18N4/c1-10-5-3-4-6-11(10)7-8-12-15-13(9-14)17(2)16-12/h3-6H,7-9,14H2,1-2H3. The Hall–Kier alpha value is -1.68. The van der Waals surface area contributed by atoms with Crippen LogP contribution in [0.5, 0.6) is 0 Å². The van der Waals surface area contributed by atoms with Gasteiger partial charge in [-0.05, 0) is 24.5 Å². The van der Waals surface area contributed by atoms with Crippen LogP contribution in [0.4, 0.5) is 0 Å². The van der Waals surface area contributed by atoms with Gasteiger partial charge in [-0.25, -0.2) is 4.98 Å². The Morgan fingerprint density at radius 3 is 2.65 bits per heavy atom. The van der Waals surface area contributed by atoms with Gasteiger partial charge in [0.2, 0.25) is 0 Å². The van der Waals surface area contributed by atoms with E-state index < -0.39 is 0 Å². The lowest BCUT2D eigenvalue weighted by atomic mass is 10.0. The first-order valence-corrected chi connectivity index (χ1v) is 5.84. The topological polar surface area (TPSA) is 56.7 Å². The zero-order valence-corrected chi connectivity index (χ0v) is 10.3. The van der Waals surface area contributed by atoms with E-state index in [0.29, 0.717) is 6.54 Å². The predicted molar refractivity (Wildman–Crippen MR) is 67.5 cm³/mol. The highest BCUT2D eigenvalue weighted by atomic mass is 15.3. The van der Waals surface area contributed by atoms with Crippen LogP contribution in [-0.4, -0.2) is 14.8 Å². The average Bonchev–Trinajstić information content (AvgIpc) is 2.69. The first-order valence-electron chi connectivity index (χ1n) is 5.84. The molecule has 0 aliphatic carbocycles. The summed E-state index contributed by atoms with van der Waals surface area (Å²) in [5, 5.41) is 4.35. The molecule has 0 radical (unpaired) electrons. The van der Waals surface area contributed by atoms with Crippen LogP contribution in [0.3, 0.4) is 0 Å². The summed E-state index contributed by atoms with van der Waals surface area (Å²) in [5.41, 5.74) is 8.25. The number of nitrogens with zero attached hydrogens (tertiary/aromatic N) is 3. The summed E-state index contributed by atoms with van der Waals surface area (Å²) < 4.78 is 1.76. The molecule has 0 spiro atoms. The summed E-state index contributed by atoms with van der Waals surface area (Å²) in [7, 11) is 1.88. The molecule has 90 valence electrons. The molecule has 0 atom stereocenters. The summed E-state index contributed by atoms with van der Waals surface area (Å²) in [5.74, 6) is 1.71. The Morgan fingerprint density at radius 1 is 1.24 bits per heavy atom. The fourth-order valence-electron chi connectivity index (χ4n) is 1.90. The van der Waals surface area contributed by atoms with Crippen molar-refractivity contribution in [3.8, 4) is 0 Å². The van der Waals surface area contributed by atoms with Crippen molar-refractivity contribution in [2.75, 3.05) is 0 Å². The van der Waals surface area contributed by atoms with Crippen molar-refractivity contribution in [2.24, 2.45) is 12.8 Å². The van der Waals surface area contributed by atoms with Crippen molar-refractivity contribution < 1.29 is 0 Å². The van der Waals surface area contributed by atoms with Gasteiger partial charge in [0.1, 0.15) is 5.82 Å². The summed E-state index contributed by atoms with van der Waals surface area (Å²) in [6.07, 6.45) is 1.83. The van der Waals surface area contributed by atoms with Gasteiger partial charge in [-0.3, -0.25) is 4.68 Å². The van der Waals surface area contributed by atoms with Gasteiger partial charge < -0.3 is 5.73 Å². The van der Waals surface area contributed by atoms with Gasteiger partial charge in [-0.2, -0.15) is 5.10 Å². The number of rotatable bonds is 4. The molecule has 0 amide bonds. The van der Waals surface area contributed by atoms with Gasteiger partial charge in [-0.15, -0.1) is 0 Å². The van der Waals surface area contributed by atoms with Crippen LogP contribution in [0.25, 0.3) is 0 Å².